The van der Waals surface area contributed by atoms with Crippen LogP contribution in [0.4, 0.5) is 0 Å². The highest BCUT2D eigenvalue weighted by molar-refractivity contribution is 5.85. The Kier molecular flexibility index (Phi) is 3.57. The lowest BCUT2D eigenvalue weighted by atomic mass is 10.0. The van der Waals surface area contributed by atoms with Crippen LogP contribution in [0.2, 0.25) is 0 Å². The van der Waals surface area contributed by atoms with Gasteiger partial charge in [0.1, 0.15) is 0 Å². The number of aryl methyl sites for hydroxylation is 2. The largest absolute Gasteiger partial charge is 0.350 e. The summed E-state index contributed by atoms with van der Waals surface area (Å²) in [7, 11) is 4.34. The minimum Gasteiger partial charge on any atom is -0.350 e. The minimum absolute atomic E-state index is 0.325. The van der Waals surface area contributed by atoms with E-state index in [1.807, 2.05) is 0 Å². The first-order valence-electron chi connectivity index (χ1n) is 7.62. The second kappa shape index (κ2) is 5.23. The van der Waals surface area contributed by atoms with Crippen LogP contribution >= 0.6 is 0 Å². The molecule has 2 aromatic rings. The van der Waals surface area contributed by atoms with E-state index in [2.05, 4.69) is 48.8 Å². The normalized spacial score (nSPS) is 16.8. The van der Waals surface area contributed by atoms with Gasteiger partial charge in [-0.25, -0.2) is 0 Å². The summed E-state index contributed by atoms with van der Waals surface area (Å²) in [6.07, 6.45) is 5.50. The molecule has 0 saturated heterocycles. The summed E-state index contributed by atoms with van der Waals surface area (Å²) in [6.45, 7) is 4.32. The molecular formula is C17H25N3. The lowest BCUT2D eigenvalue weighted by molar-refractivity contribution is 0.353. The van der Waals surface area contributed by atoms with Crippen molar-refractivity contribution in [2.75, 3.05) is 7.05 Å². The maximum Gasteiger partial charge on any atom is 0.0484 e. The highest BCUT2D eigenvalue weighted by Crippen LogP contribution is 2.30. The summed E-state index contributed by atoms with van der Waals surface area (Å²) < 4.78 is 2.26. The van der Waals surface area contributed by atoms with Crippen LogP contribution in [0.25, 0.3) is 10.9 Å². The van der Waals surface area contributed by atoms with Crippen LogP contribution in [0.1, 0.15) is 36.5 Å². The summed E-state index contributed by atoms with van der Waals surface area (Å²) in [4.78, 5) is 2.37. The third kappa shape index (κ3) is 2.36. The van der Waals surface area contributed by atoms with Gasteiger partial charge in [0, 0.05) is 43.3 Å². The Bertz CT molecular complexity index is 627. The van der Waals surface area contributed by atoms with Crippen molar-refractivity contribution in [1.82, 2.24) is 9.47 Å². The van der Waals surface area contributed by atoms with Gasteiger partial charge in [0.25, 0.3) is 0 Å². The smallest absolute Gasteiger partial charge is 0.0484 e. The highest BCUT2D eigenvalue weighted by atomic mass is 15.1. The van der Waals surface area contributed by atoms with Crippen LogP contribution in [-0.4, -0.2) is 22.6 Å². The highest BCUT2D eigenvalue weighted by Gasteiger charge is 2.18. The van der Waals surface area contributed by atoms with Crippen molar-refractivity contribution in [3.8, 4) is 0 Å². The first-order valence-corrected chi connectivity index (χ1v) is 7.62. The van der Waals surface area contributed by atoms with Gasteiger partial charge in [-0.1, -0.05) is 6.92 Å². The zero-order chi connectivity index (χ0) is 14.3. The van der Waals surface area contributed by atoms with Crippen LogP contribution in [0.5, 0.6) is 0 Å². The van der Waals surface area contributed by atoms with E-state index in [0.717, 1.165) is 32.4 Å². The van der Waals surface area contributed by atoms with Gasteiger partial charge in [0.2, 0.25) is 0 Å². The Balaban J connectivity index is 1.96. The Morgan fingerprint density at radius 3 is 2.60 bits per heavy atom. The number of nitrogens with two attached hydrogens (primary N) is 1. The summed E-state index contributed by atoms with van der Waals surface area (Å²) in [5.41, 5.74) is 11.9. The van der Waals surface area contributed by atoms with Gasteiger partial charge in [-0.05, 0) is 55.1 Å². The van der Waals surface area contributed by atoms with E-state index in [9.17, 15) is 0 Å². The summed E-state index contributed by atoms with van der Waals surface area (Å²) in [5, 5.41) is 1.42. The summed E-state index contributed by atoms with van der Waals surface area (Å²) in [5.74, 6) is 0. The average Bonchev–Trinajstić information content (AvgIpc) is 2.93. The lowest BCUT2D eigenvalue weighted by Gasteiger charge is -2.07. The molecular weight excluding hydrogens is 246 g/mol. The quantitative estimate of drug-likeness (QED) is 0.928. The molecule has 1 atom stereocenters. The van der Waals surface area contributed by atoms with E-state index in [4.69, 9.17) is 5.73 Å². The summed E-state index contributed by atoms with van der Waals surface area (Å²) in [6, 6.07) is 5.10. The molecule has 3 rings (SSSR count). The fourth-order valence-electron chi connectivity index (χ4n) is 3.27. The van der Waals surface area contributed by atoms with Crippen LogP contribution in [0.3, 0.4) is 0 Å². The molecule has 2 N–H and O–H groups in total. The number of hydrogen-bond acceptors (Lipinski definition) is 2. The molecule has 20 heavy (non-hydrogen) atoms. The first kappa shape index (κ1) is 13.7. The SMILES string of the molecule is CCC(N)CCc1cn(C)c2cc3c(cc12)CN(C)C3. The monoisotopic (exact) mass is 271 g/mol. The molecule has 0 fully saturated rings. The van der Waals surface area contributed by atoms with Gasteiger partial charge >= 0.3 is 0 Å². The van der Waals surface area contributed by atoms with Crippen molar-refractivity contribution in [3.05, 3.63) is 35.0 Å². The third-order valence-electron chi connectivity index (χ3n) is 4.58. The molecule has 1 aromatic heterocycles. The first-order chi connectivity index (χ1) is 9.58. The van der Waals surface area contributed by atoms with Crippen molar-refractivity contribution in [1.29, 1.82) is 0 Å². The average molecular weight is 271 g/mol. The van der Waals surface area contributed by atoms with Crippen molar-refractivity contribution in [2.45, 2.75) is 45.3 Å². The van der Waals surface area contributed by atoms with Crippen LogP contribution in [0, 0.1) is 0 Å². The summed E-state index contributed by atoms with van der Waals surface area (Å²) >= 11 is 0. The molecule has 3 heteroatoms. The van der Waals surface area contributed by atoms with Gasteiger partial charge in [0.15, 0.2) is 0 Å². The Morgan fingerprint density at radius 1 is 1.20 bits per heavy atom. The second-order valence-electron chi connectivity index (χ2n) is 6.28. The van der Waals surface area contributed by atoms with Crippen molar-refractivity contribution in [2.24, 2.45) is 12.8 Å². The number of rotatable bonds is 4. The fraction of sp³-hybridized carbons (Fsp3) is 0.529. The molecule has 0 bridgehead atoms. The van der Waals surface area contributed by atoms with Gasteiger partial charge in [-0.2, -0.15) is 0 Å². The number of benzene rings is 1. The molecule has 1 unspecified atom stereocenters. The molecule has 0 amide bonds. The number of fused-ring (bicyclic) bond motifs is 2. The molecule has 0 aliphatic carbocycles. The van der Waals surface area contributed by atoms with E-state index in [1.54, 1.807) is 0 Å². The Morgan fingerprint density at radius 2 is 1.90 bits per heavy atom. The van der Waals surface area contributed by atoms with Gasteiger partial charge in [-0.15, -0.1) is 0 Å². The predicted molar refractivity (Wildman–Crippen MR) is 84.7 cm³/mol. The molecule has 1 aliphatic rings. The lowest BCUT2D eigenvalue weighted by Crippen LogP contribution is -2.18. The number of aromatic nitrogens is 1. The minimum atomic E-state index is 0.325. The van der Waals surface area contributed by atoms with E-state index in [-0.39, 0.29) is 0 Å². The van der Waals surface area contributed by atoms with Crippen molar-refractivity contribution in [3.63, 3.8) is 0 Å². The number of nitrogens with zero attached hydrogens (tertiary/aromatic N) is 2. The van der Waals surface area contributed by atoms with Crippen molar-refractivity contribution < 1.29 is 0 Å². The maximum absolute atomic E-state index is 6.07. The molecule has 1 aromatic carbocycles. The molecule has 3 nitrogen and oxygen atoms in total. The Labute approximate surface area is 121 Å². The maximum atomic E-state index is 6.07. The molecule has 108 valence electrons. The third-order valence-corrected chi connectivity index (χ3v) is 4.58. The zero-order valence-corrected chi connectivity index (χ0v) is 12.8. The van der Waals surface area contributed by atoms with E-state index < -0.39 is 0 Å². The van der Waals surface area contributed by atoms with Crippen LogP contribution in [0.15, 0.2) is 18.3 Å². The van der Waals surface area contributed by atoms with Gasteiger partial charge in [-0.3, -0.25) is 4.90 Å². The standard InChI is InChI=1S/C17H25N3/c1-4-15(18)6-5-12-11-20(3)17-8-14-10-19(2)9-13(14)7-16(12)17/h7-8,11,15H,4-6,9-10,18H2,1-3H3. The molecule has 1 aliphatic heterocycles. The molecule has 0 radical (unpaired) electrons. The van der Waals surface area contributed by atoms with E-state index in [0.29, 0.717) is 6.04 Å². The Hall–Kier alpha value is -1.32. The predicted octanol–water partition coefficient (Wildman–Crippen LogP) is 2.79. The topological polar surface area (TPSA) is 34.2 Å². The van der Waals surface area contributed by atoms with Gasteiger partial charge < -0.3 is 10.3 Å². The van der Waals surface area contributed by atoms with Crippen LogP contribution < -0.4 is 5.73 Å². The van der Waals surface area contributed by atoms with Crippen molar-refractivity contribution >= 4 is 10.9 Å². The number of hydrogen-bond donors (Lipinski definition) is 1. The van der Waals surface area contributed by atoms with E-state index >= 15 is 0 Å². The molecule has 0 spiro atoms. The van der Waals surface area contributed by atoms with Gasteiger partial charge in [0.05, 0.1) is 0 Å². The molecule has 2 heterocycles. The second-order valence-corrected chi connectivity index (χ2v) is 6.28. The fourth-order valence-corrected chi connectivity index (χ4v) is 3.27. The zero-order valence-electron chi connectivity index (χ0n) is 12.8. The molecule has 0 saturated carbocycles. The van der Waals surface area contributed by atoms with Crippen LogP contribution in [-0.2, 0) is 26.6 Å². The van der Waals surface area contributed by atoms with E-state index in [1.165, 1.54) is 27.6 Å².